The normalized spacial score (nSPS) is 14.4. The van der Waals surface area contributed by atoms with Crippen LogP contribution >= 0.6 is 0 Å². The fourth-order valence-electron chi connectivity index (χ4n) is 4.15. The molecule has 6 nitrogen and oxygen atoms in total. The van der Waals surface area contributed by atoms with Gasteiger partial charge in [0, 0.05) is 44.6 Å². The van der Waals surface area contributed by atoms with Crippen molar-refractivity contribution in [3.63, 3.8) is 0 Å². The molecule has 0 saturated carbocycles. The van der Waals surface area contributed by atoms with E-state index in [4.69, 9.17) is 4.74 Å². The van der Waals surface area contributed by atoms with Gasteiger partial charge in [-0.25, -0.2) is 4.98 Å². The molecule has 0 radical (unpaired) electrons. The van der Waals surface area contributed by atoms with Crippen molar-refractivity contribution in [3.8, 4) is 5.75 Å². The van der Waals surface area contributed by atoms with Crippen LogP contribution in [0.3, 0.4) is 0 Å². The Morgan fingerprint density at radius 2 is 1.63 bits per heavy atom. The van der Waals surface area contributed by atoms with Crippen LogP contribution in [0.5, 0.6) is 5.75 Å². The van der Waals surface area contributed by atoms with Crippen molar-refractivity contribution in [1.82, 2.24) is 9.88 Å². The molecule has 0 bridgehead atoms. The number of ether oxygens (including phenoxy) is 1. The summed E-state index contributed by atoms with van der Waals surface area (Å²) in [6, 6.07) is 20.8. The standard InChI is InChI=1S/C29H36N4O2/c1-21(2)24-10-12-25(13-11-24)31-26-14-15-30-28(27(26)35-29(34)22(3)4)33-18-16-32(17-19-33)20-23-8-6-5-7-9-23/h5-15,21-22H,16-20H2,1-4H3,(H,30,31). The van der Waals surface area contributed by atoms with Gasteiger partial charge in [0.05, 0.1) is 11.6 Å². The molecule has 4 rings (SSSR count). The molecule has 0 unspecified atom stereocenters. The van der Waals surface area contributed by atoms with Crippen molar-refractivity contribution < 1.29 is 9.53 Å². The number of piperazine rings is 1. The zero-order valence-electron chi connectivity index (χ0n) is 21.2. The van der Waals surface area contributed by atoms with E-state index in [9.17, 15) is 4.79 Å². The fourth-order valence-corrected chi connectivity index (χ4v) is 4.15. The van der Waals surface area contributed by atoms with Gasteiger partial charge in [0.2, 0.25) is 0 Å². The third kappa shape index (κ3) is 6.40. The summed E-state index contributed by atoms with van der Waals surface area (Å²) in [6.07, 6.45) is 1.78. The van der Waals surface area contributed by atoms with Crippen molar-refractivity contribution in [3.05, 3.63) is 78.0 Å². The third-order valence-corrected chi connectivity index (χ3v) is 6.34. The Hall–Kier alpha value is -3.38. The van der Waals surface area contributed by atoms with E-state index >= 15 is 0 Å². The second kappa shape index (κ2) is 11.4. The lowest BCUT2D eigenvalue weighted by atomic mass is 10.0. The summed E-state index contributed by atoms with van der Waals surface area (Å²) in [7, 11) is 0. The number of hydrogen-bond acceptors (Lipinski definition) is 6. The molecule has 0 amide bonds. The molecule has 1 aliphatic heterocycles. The van der Waals surface area contributed by atoms with Gasteiger partial charge in [-0.2, -0.15) is 0 Å². The van der Waals surface area contributed by atoms with Crippen LogP contribution in [0.4, 0.5) is 17.2 Å². The van der Waals surface area contributed by atoms with Crippen LogP contribution in [0.1, 0.15) is 44.7 Å². The molecule has 1 fully saturated rings. The number of nitrogens with zero attached hydrogens (tertiary/aromatic N) is 3. The van der Waals surface area contributed by atoms with Crippen LogP contribution in [-0.2, 0) is 11.3 Å². The number of carbonyl (C=O) groups is 1. The van der Waals surface area contributed by atoms with E-state index in [1.165, 1.54) is 11.1 Å². The summed E-state index contributed by atoms with van der Waals surface area (Å²) in [5.74, 6) is 1.18. The van der Waals surface area contributed by atoms with Crippen LogP contribution in [0.15, 0.2) is 66.9 Å². The van der Waals surface area contributed by atoms with Gasteiger partial charge in [0.25, 0.3) is 0 Å². The molecule has 1 N–H and O–H groups in total. The zero-order valence-corrected chi connectivity index (χ0v) is 21.2. The Morgan fingerprint density at radius 3 is 2.26 bits per heavy atom. The predicted octanol–water partition coefficient (Wildman–Crippen LogP) is 5.83. The van der Waals surface area contributed by atoms with Crippen molar-refractivity contribution in [1.29, 1.82) is 0 Å². The highest BCUT2D eigenvalue weighted by atomic mass is 16.5. The van der Waals surface area contributed by atoms with E-state index in [2.05, 4.69) is 82.5 Å². The van der Waals surface area contributed by atoms with Gasteiger partial charge in [0.1, 0.15) is 0 Å². The Morgan fingerprint density at radius 1 is 0.943 bits per heavy atom. The van der Waals surface area contributed by atoms with Gasteiger partial charge >= 0.3 is 5.97 Å². The SMILES string of the molecule is CC(C)C(=O)Oc1c(Nc2ccc(C(C)C)cc2)ccnc1N1CCN(Cc2ccccc2)CC1. The first-order valence-electron chi connectivity index (χ1n) is 12.5. The zero-order chi connectivity index (χ0) is 24.8. The molecular formula is C29H36N4O2. The van der Waals surface area contributed by atoms with E-state index in [1.807, 2.05) is 26.0 Å². The van der Waals surface area contributed by atoms with E-state index in [-0.39, 0.29) is 11.9 Å². The van der Waals surface area contributed by atoms with Crippen LogP contribution in [0.2, 0.25) is 0 Å². The van der Waals surface area contributed by atoms with Crippen molar-refractivity contribution in [2.24, 2.45) is 5.92 Å². The molecule has 2 aromatic carbocycles. The fraction of sp³-hybridized carbons (Fsp3) is 0.379. The number of aromatic nitrogens is 1. The van der Waals surface area contributed by atoms with Gasteiger partial charge in [-0.15, -0.1) is 0 Å². The number of benzene rings is 2. The van der Waals surface area contributed by atoms with Crippen LogP contribution in [0.25, 0.3) is 0 Å². The highest BCUT2D eigenvalue weighted by molar-refractivity contribution is 5.82. The number of nitrogens with one attached hydrogen (secondary N) is 1. The lowest BCUT2D eigenvalue weighted by Gasteiger charge is -2.36. The molecule has 1 aromatic heterocycles. The highest BCUT2D eigenvalue weighted by Crippen LogP contribution is 2.37. The number of anilines is 3. The van der Waals surface area contributed by atoms with Crippen molar-refractivity contribution >= 4 is 23.2 Å². The number of pyridine rings is 1. The maximum absolute atomic E-state index is 12.6. The minimum Gasteiger partial charge on any atom is -0.420 e. The van der Waals surface area contributed by atoms with Crippen molar-refractivity contribution in [2.75, 3.05) is 36.4 Å². The summed E-state index contributed by atoms with van der Waals surface area (Å²) >= 11 is 0. The summed E-state index contributed by atoms with van der Waals surface area (Å²) in [5, 5.41) is 3.45. The lowest BCUT2D eigenvalue weighted by molar-refractivity contribution is -0.137. The van der Waals surface area contributed by atoms with Gasteiger partial charge < -0.3 is 15.0 Å². The van der Waals surface area contributed by atoms with Gasteiger partial charge in [-0.1, -0.05) is 70.2 Å². The molecule has 3 aromatic rings. The van der Waals surface area contributed by atoms with Crippen LogP contribution < -0.4 is 15.0 Å². The average molecular weight is 473 g/mol. The first kappa shape index (κ1) is 24.7. The predicted molar refractivity (Wildman–Crippen MR) is 142 cm³/mol. The van der Waals surface area contributed by atoms with E-state index in [0.717, 1.165) is 44.1 Å². The van der Waals surface area contributed by atoms with E-state index in [0.29, 0.717) is 17.5 Å². The molecule has 0 spiro atoms. The van der Waals surface area contributed by atoms with Gasteiger partial charge in [0.15, 0.2) is 11.6 Å². The minimum absolute atomic E-state index is 0.232. The topological polar surface area (TPSA) is 57.7 Å². The molecular weight excluding hydrogens is 436 g/mol. The Kier molecular flexibility index (Phi) is 8.03. The summed E-state index contributed by atoms with van der Waals surface area (Å²) in [6.45, 7) is 12.5. The first-order chi connectivity index (χ1) is 16.9. The van der Waals surface area contributed by atoms with E-state index < -0.39 is 0 Å². The number of carbonyl (C=O) groups excluding carboxylic acids is 1. The molecule has 2 heterocycles. The molecule has 0 aliphatic carbocycles. The average Bonchev–Trinajstić information content (AvgIpc) is 2.86. The Balaban J connectivity index is 1.54. The van der Waals surface area contributed by atoms with Crippen LogP contribution in [-0.4, -0.2) is 42.0 Å². The quantitative estimate of drug-likeness (QED) is 0.416. The second-order valence-corrected chi connectivity index (χ2v) is 9.74. The van der Waals surface area contributed by atoms with E-state index in [1.54, 1.807) is 6.20 Å². The molecule has 6 heteroatoms. The maximum atomic E-state index is 12.6. The van der Waals surface area contributed by atoms with Crippen molar-refractivity contribution in [2.45, 2.75) is 40.2 Å². The second-order valence-electron chi connectivity index (χ2n) is 9.74. The number of hydrogen-bond donors (Lipinski definition) is 1. The summed E-state index contributed by atoms with van der Waals surface area (Å²) < 4.78 is 5.93. The van der Waals surface area contributed by atoms with Crippen LogP contribution in [0, 0.1) is 5.92 Å². The number of rotatable bonds is 8. The maximum Gasteiger partial charge on any atom is 0.313 e. The molecule has 35 heavy (non-hydrogen) atoms. The molecule has 1 aliphatic rings. The first-order valence-corrected chi connectivity index (χ1v) is 12.5. The highest BCUT2D eigenvalue weighted by Gasteiger charge is 2.25. The molecule has 0 atom stereocenters. The van der Waals surface area contributed by atoms with Gasteiger partial charge in [-0.05, 0) is 35.2 Å². The summed E-state index contributed by atoms with van der Waals surface area (Å²) in [4.78, 5) is 21.9. The van der Waals surface area contributed by atoms with Gasteiger partial charge in [-0.3, -0.25) is 9.69 Å². The monoisotopic (exact) mass is 472 g/mol. The molecule has 184 valence electrons. The largest absolute Gasteiger partial charge is 0.420 e. The smallest absolute Gasteiger partial charge is 0.313 e. The minimum atomic E-state index is -0.264. The third-order valence-electron chi connectivity index (χ3n) is 6.34. The number of esters is 1. The molecule has 1 saturated heterocycles. The Labute approximate surface area is 208 Å². The summed E-state index contributed by atoms with van der Waals surface area (Å²) in [5.41, 5.74) is 4.29. The Bertz CT molecular complexity index is 1110. The lowest BCUT2D eigenvalue weighted by Crippen LogP contribution is -2.46.